The smallest absolute Gasteiger partial charge is 0.371 e. The summed E-state index contributed by atoms with van der Waals surface area (Å²) >= 11 is 0. The highest BCUT2D eigenvalue weighted by Crippen LogP contribution is 2.35. The van der Waals surface area contributed by atoms with E-state index < -0.39 is 11.7 Å². The molecule has 82 valence electrons. The van der Waals surface area contributed by atoms with Gasteiger partial charge in [0.1, 0.15) is 0 Å². The van der Waals surface area contributed by atoms with Crippen molar-refractivity contribution in [3.05, 3.63) is 29.3 Å². The van der Waals surface area contributed by atoms with Gasteiger partial charge in [-0.25, -0.2) is 0 Å². The summed E-state index contributed by atoms with van der Waals surface area (Å²) in [6.45, 7) is 3.54. The Labute approximate surface area is 86.5 Å². The number of hydrogen-bond acceptors (Lipinski definition) is 1. The van der Waals surface area contributed by atoms with E-state index in [4.69, 9.17) is 0 Å². The second-order valence-corrected chi connectivity index (χ2v) is 3.67. The minimum absolute atomic E-state index is 0.554. The van der Waals surface area contributed by atoms with Crippen molar-refractivity contribution >= 4 is 5.69 Å². The van der Waals surface area contributed by atoms with Gasteiger partial charge in [0, 0.05) is 18.8 Å². The zero-order chi connectivity index (χ0) is 11.1. The van der Waals surface area contributed by atoms with Gasteiger partial charge in [0.2, 0.25) is 0 Å². The van der Waals surface area contributed by atoms with E-state index in [0.717, 1.165) is 36.8 Å². The lowest BCUT2D eigenvalue weighted by atomic mass is 10.1. The van der Waals surface area contributed by atoms with E-state index in [1.54, 1.807) is 6.07 Å². The van der Waals surface area contributed by atoms with Crippen LogP contribution >= 0.6 is 0 Å². The predicted molar refractivity (Wildman–Crippen MR) is 53.0 cm³/mol. The van der Waals surface area contributed by atoms with Gasteiger partial charge < -0.3 is 4.90 Å². The molecule has 0 atom stereocenters. The van der Waals surface area contributed by atoms with E-state index in [0.29, 0.717) is 0 Å². The third kappa shape index (κ3) is 1.80. The first-order valence-electron chi connectivity index (χ1n) is 4.97. The molecule has 15 heavy (non-hydrogen) atoms. The lowest BCUT2D eigenvalue weighted by Gasteiger charge is -2.17. The highest BCUT2D eigenvalue weighted by molar-refractivity contribution is 5.59. The van der Waals surface area contributed by atoms with Gasteiger partial charge in [0.05, 0.1) is 5.56 Å². The van der Waals surface area contributed by atoms with Crippen molar-refractivity contribution in [3.8, 4) is 0 Å². The number of fused-ring (bicyclic) bond motifs is 1. The second-order valence-electron chi connectivity index (χ2n) is 3.67. The highest BCUT2D eigenvalue weighted by Gasteiger charge is 2.32. The molecule has 0 aromatic heterocycles. The summed E-state index contributed by atoms with van der Waals surface area (Å²) in [7, 11) is 0. The normalized spacial score (nSPS) is 15.6. The Bertz CT molecular complexity index is 371. The molecule has 1 aliphatic rings. The molecule has 0 N–H and O–H groups in total. The van der Waals surface area contributed by atoms with Crippen LogP contribution in [0.25, 0.3) is 0 Å². The van der Waals surface area contributed by atoms with Crippen LogP contribution in [0.4, 0.5) is 18.9 Å². The van der Waals surface area contributed by atoms with Crippen molar-refractivity contribution < 1.29 is 13.2 Å². The van der Waals surface area contributed by atoms with Crippen LogP contribution in [0.1, 0.15) is 18.1 Å². The van der Waals surface area contributed by atoms with Crippen molar-refractivity contribution in [2.75, 3.05) is 18.0 Å². The molecular weight excluding hydrogens is 203 g/mol. The zero-order valence-corrected chi connectivity index (χ0v) is 8.43. The van der Waals surface area contributed by atoms with Gasteiger partial charge in [0.25, 0.3) is 0 Å². The molecule has 1 heterocycles. The summed E-state index contributed by atoms with van der Waals surface area (Å²) in [6, 6.07) is 4.01. The van der Waals surface area contributed by atoms with Crippen molar-refractivity contribution in [2.24, 2.45) is 0 Å². The molecule has 1 aromatic carbocycles. The maximum atomic E-state index is 12.5. The molecule has 1 aliphatic heterocycles. The number of anilines is 1. The van der Waals surface area contributed by atoms with Crippen LogP contribution in [0.5, 0.6) is 0 Å². The predicted octanol–water partition coefficient (Wildman–Crippen LogP) is 3.09. The maximum Gasteiger partial charge on any atom is 0.416 e. The number of likely N-dealkylation sites (N-methyl/N-ethyl adjacent to an activating group) is 1. The summed E-state index contributed by atoms with van der Waals surface area (Å²) in [6.07, 6.45) is -3.39. The molecule has 0 fully saturated rings. The summed E-state index contributed by atoms with van der Waals surface area (Å²) in [5.74, 6) is 0. The number of rotatable bonds is 1. The summed E-state index contributed by atoms with van der Waals surface area (Å²) < 4.78 is 37.4. The van der Waals surface area contributed by atoms with Crippen LogP contribution in [-0.4, -0.2) is 13.1 Å². The number of benzene rings is 1. The molecule has 1 aromatic rings. The van der Waals surface area contributed by atoms with E-state index in [9.17, 15) is 13.2 Å². The monoisotopic (exact) mass is 215 g/mol. The minimum atomic E-state index is -4.24. The summed E-state index contributed by atoms with van der Waals surface area (Å²) in [5.41, 5.74) is 1.21. The van der Waals surface area contributed by atoms with Gasteiger partial charge >= 0.3 is 6.18 Å². The van der Waals surface area contributed by atoms with Gasteiger partial charge in [-0.05, 0) is 31.0 Å². The van der Waals surface area contributed by atoms with E-state index in [-0.39, 0.29) is 0 Å². The Morgan fingerprint density at radius 1 is 1.33 bits per heavy atom. The minimum Gasteiger partial charge on any atom is -0.371 e. The van der Waals surface area contributed by atoms with Crippen molar-refractivity contribution in [3.63, 3.8) is 0 Å². The van der Waals surface area contributed by atoms with Crippen LogP contribution in [0, 0.1) is 0 Å². The van der Waals surface area contributed by atoms with Crippen molar-refractivity contribution in [1.29, 1.82) is 0 Å². The van der Waals surface area contributed by atoms with Gasteiger partial charge in [-0.3, -0.25) is 0 Å². The molecule has 0 amide bonds. The standard InChI is InChI=1S/C11H12F3N/c1-2-15-6-5-8-3-4-9(7-10(8)15)11(12,13)14/h3-4,7H,2,5-6H2,1H3. The number of halogens is 3. The molecule has 4 heteroatoms. The molecule has 0 bridgehead atoms. The molecule has 1 nitrogen and oxygen atoms in total. The van der Waals surface area contributed by atoms with Crippen LogP contribution in [0.2, 0.25) is 0 Å². The fourth-order valence-corrected chi connectivity index (χ4v) is 1.95. The van der Waals surface area contributed by atoms with Gasteiger partial charge in [-0.1, -0.05) is 6.07 Å². The highest BCUT2D eigenvalue weighted by atomic mass is 19.4. The Morgan fingerprint density at radius 3 is 2.67 bits per heavy atom. The lowest BCUT2D eigenvalue weighted by Crippen LogP contribution is -2.19. The maximum absolute atomic E-state index is 12.5. The Hall–Kier alpha value is -1.19. The van der Waals surface area contributed by atoms with Crippen LogP contribution in [-0.2, 0) is 12.6 Å². The first-order chi connectivity index (χ1) is 7.02. The first kappa shape index (κ1) is 10.3. The van der Waals surface area contributed by atoms with Crippen LogP contribution in [0.3, 0.4) is 0 Å². The average molecular weight is 215 g/mol. The molecule has 0 saturated heterocycles. The zero-order valence-electron chi connectivity index (χ0n) is 8.43. The van der Waals surface area contributed by atoms with Crippen LogP contribution < -0.4 is 4.90 Å². The van der Waals surface area contributed by atoms with Crippen molar-refractivity contribution in [2.45, 2.75) is 19.5 Å². The third-order valence-corrected chi connectivity index (χ3v) is 2.79. The molecular formula is C11H12F3N. The quantitative estimate of drug-likeness (QED) is 0.695. The molecule has 0 aliphatic carbocycles. The van der Waals surface area contributed by atoms with E-state index in [1.807, 2.05) is 11.8 Å². The van der Waals surface area contributed by atoms with E-state index in [1.165, 1.54) is 6.07 Å². The Kier molecular flexibility index (Phi) is 2.37. The molecule has 0 spiro atoms. The molecule has 2 rings (SSSR count). The summed E-state index contributed by atoms with van der Waals surface area (Å²) in [4.78, 5) is 1.98. The average Bonchev–Trinajstić information content (AvgIpc) is 2.57. The van der Waals surface area contributed by atoms with E-state index >= 15 is 0 Å². The fourth-order valence-electron chi connectivity index (χ4n) is 1.95. The number of alkyl halides is 3. The number of nitrogens with zero attached hydrogens (tertiary/aromatic N) is 1. The van der Waals surface area contributed by atoms with Crippen molar-refractivity contribution in [1.82, 2.24) is 0 Å². The Morgan fingerprint density at radius 2 is 2.07 bits per heavy atom. The SMILES string of the molecule is CCN1CCc2ccc(C(F)(F)F)cc21. The first-order valence-corrected chi connectivity index (χ1v) is 4.97. The molecule has 0 unspecified atom stereocenters. The van der Waals surface area contributed by atoms with Gasteiger partial charge in [-0.15, -0.1) is 0 Å². The topological polar surface area (TPSA) is 3.24 Å². The van der Waals surface area contributed by atoms with Gasteiger partial charge in [-0.2, -0.15) is 13.2 Å². The summed E-state index contributed by atoms with van der Waals surface area (Å²) in [5, 5.41) is 0. The van der Waals surface area contributed by atoms with Crippen LogP contribution in [0.15, 0.2) is 18.2 Å². The lowest BCUT2D eigenvalue weighted by molar-refractivity contribution is -0.137. The fraction of sp³-hybridized carbons (Fsp3) is 0.455. The van der Waals surface area contributed by atoms with Gasteiger partial charge in [0.15, 0.2) is 0 Å². The largest absolute Gasteiger partial charge is 0.416 e. The second kappa shape index (κ2) is 3.43. The molecule has 0 saturated carbocycles. The third-order valence-electron chi connectivity index (χ3n) is 2.79. The molecule has 0 radical (unpaired) electrons. The Balaban J connectivity index is 2.41. The van der Waals surface area contributed by atoms with E-state index in [2.05, 4.69) is 0 Å². The number of hydrogen-bond donors (Lipinski definition) is 0.